The van der Waals surface area contributed by atoms with E-state index in [0.717, 1.165) is 103 Å². The minimum absolute atomic E-state index is 0.128. The molecule has 0 aromatic heterocycles. The monoisotopic (exact) mass is 939 g/mol. The Hall–Kier alpha value is -2.89. The van der Waals surface area contributed by atoms with Gasteiger partial charge in [-0.2, -0.15) is 0 Å². The van der Waals surface area contributed by atoms with E-state index >= 15 is 0 Å². The standard InChI is InChI=1S/C58H98O9/c1-3-5-7-9-11-13-15-17-19-21-23-24-25-26-27-28-29-31-33-35-37-39-41-43-45-47-54(60)66-52(51-65-58-57(63)56(62)55(61)53(49-59)67-58)50-64-48-46-44-42-40-38-36-34-32-30-22-20-18-16-14-12-10-8-6-4-2/h5,7,11,13-14,16-17,19-20,22-24,26-27,29,31,52-53,55-59,61-63H,3-4,6,8-10,12,15,18,21,25,28,30,32-51H2,1-2H3/b7-5-,13-11-,16-14-,19-17-,22-20-,24-23-,27-26-,31-29-. The van der Waals surface area contributed by atoms with Crippen LogP contribution in [0.2, 0.25) is 0 Å². The topological polar surface area (TPSA) is 135 Å². The maximum absolute atomic E-state index is 12.9. The normalized spacial score (nSPS) is 20.0. The van der Waals surface area contributed by atoms with Crippen LogP contribution in [0, 0.1) is 0 Å². The van der Waals surface area contributed by atoms with Gasteiger partial charge in [-0.05, 0) is 96.3 Å². The summed E-state index contributed by atoms with van der Waals surface area (Å²) in [6.45, 7) is 4.39. The first-order valence-corrected chi connectivity index (χ1v) is 26.8. The van der Waals surface area contributed by atoms with Gasteiger partial charge in [0.05, 0.1) is 19.8 Å². The van der Waals surface area contributed by atoms with E-state index in [1.807, 2.05) is 0 Å². The predicted molar refractivity (Wildman–Crippen MR) is 279 cm³/mol. The maximum Gasteiger partial charge on any atom is 0.306 e. The van der Waals surface area contributed by atoms with E-state index in [0.29, 0.717) is 13.0 Å². The molecule has 384 valence electrons. The van der Waals surface area contributed by atoms with Crippen molar-refractivity contribution < 1.29 is 44.2 Å². The van der Waals surface area contributed by atoms with E-state index in [1.54, 1.807) is 0 Å². The molecule has 0 saturated carbocycles. The first kappa shape index (κ1) is 62.1. The fourth-order valence-electron chi connectivity index (χ4n) is 7.58. The van der Waals surface area contributed by atoms with Gasteiger partial charge in [0.1, 0.15) is 30.5 Å². The summed E-state index contributed by atoms with van der Waals surface area (Å²) >= 11 is 0. The summed E-state index contributed by atoms with van der Waals surface area (Å²) in [6.07, 6.45) is 60.0. The molecule has 0 aliphatic carbocycles. The smallest absolute Gasteiger partial charge is 0.306 e. The molecular formula is C58H98O9. The average molecular weight is 939 g/mol. The molecule has 6 atom stereocenters. The third-order valence-electron chi connectivity index (χ3n) is 11.7. The van der Waals surface area contributed by atoms with E-state index in [9.17, 15) is 25.2 Å². The Kier molecular flexibility index (Phi) is 44.6. The van der Waals surface area contributed by atoms with Gasteiger partial charge >= 0.3 is 5.97 Å². The Morgan fingerprint density at radius 2 is 0.910 bits per heavy atom. The van der Waals surface area contributed by atoms with Gasteiger partial charge in [-0.25, -0.2) is 0 Å². The van der Waals surface area contributed by atoms with Gasteiger partial charge in [0.15, 0.2) is 6.29 Å². The van der Waals surface area contributed by atoms with Crippen LogP contribution in [-0.2, 0) is 23.7 Å². The fourth-order valence-corrected chi connectivity index (χ4v) is 7.58. The van der Waals surface area contributed by atoms with Crippen LogP contribution in [0.25, 0.3) is 0 Å². The molecule has 1 rings (SSSR count). The number of ether oxygens (including phenoxy) is 4. The summed E-state index contributed by atoms with van der Waals surface area (Å²) in [5, 5.41) is 40.3. The van der Waals surface area contributed by atoms with Gasteiger partial charge in [0, 0.05) is 13.0 Å². The van der Waals surface area contributed by atoms with Crippen molar-refractivity contribution in [3.8, 4) is 0 Å². The van der Waals surface area contributed by atoms with Crippen LogP contribution < -0.4 is 0 Å². The number of aliphatic hydroxyl groups excluding tert-OH is 4. The van der Waals surface area contributed by atoms with Gasteiger partial charge in [-0.15, -0.1) is 0 Å². The van der Waals surface area contributed by atoms with Crippen molar-refractivity contribution in [3.05, 3.63) is 97.2 Å². The minimum Gasteiger partial charge on any atom is -0.457 e. The number of hydrogen-bond donors (Lipinski definition) is 4. The van der Waals surface area contributed by atoms with Crippen LogP contribution >= 0.6 is 0 Å². The number of rotatable bonds is 45. The molecule has 0 aromatic carbocycles. The first-order chi connectivity index (χ1) is 32.9. The van der Waals surface area contributed by atoms with Crippen molar-refractivity contribution in [2.24, 2.45) is 0 Å². The summed E-state index contributed by atoms with van der Waals surface area (Å²) in [4.78, 5) is 12.9. The molecule has 0 amide bonds. The molecule has 4 N–H and O–H groups in total. The zero-order chi connectivity index (χ0) is 48.5. The molecule has 9 nitrogen and oxygen atoms in total. The van der Waals surface area contributed by atoms with Gasteiger partial charge in [0.2, 0.25) is 0 Å². The zero-order valence-corrected chi connectivity index (χ0v) is 42.4. The van der Waals surface area contributed by atoms with E-state index < -0.39 is 43.4 Å². The summed E-state index contributed by atoms with van der Waals surface area (Å²) < 4.78 is 22.9. The lowest BCUT2D eigenvalue weighted by atomic mass is 9.99. The predicted octanol–water partition coefficient (Wildman–Crippen LogP) is 13.5. The van der Waals surface area contributed by atoms with Gasteiger partial charge in [-0.1, -0.05) is 195 Å². The number of carbonyl (C=O) groups is 1. The van der Waals surface area contributed by atoms with Crippen LogP contribution in [0.1, 0.15) is 200 Å². The number of carbonyl (C=O) groups excluding carboxylic acids is 1. The highest BCUT2D eigenvalue weighted by molar-refractivity contribution is 5.69. The van der Waals surface area contributed by atoms with Gasteiger partial charge in [-0.3, -0.25) is 4.79 Å². The van der Waals surface area contributed by atoms with Crippen molar-refractivity contribution >= 4 is 5.97 Å². The second-order valence-electron chi connectivity index (χ2n) is 17.9. The van der Waals surface area contributed by atoms with Gasteiger partial charge < -0.3 is 39.4 Å². The summed E-state index contributed by atoms with van der Waals surface area (Å²) in [7, 11) is 0. The number of aliphatic hydroxyl groups is 4. The fraction of sp³-hybridized carbons (Fsp3) is 0.707. The Balaban J connectivity index is 2.22. The number of esters is 1. The maximum atomic E-state index is 12.9. The molecule has 1 fully saturated rings. The minimum atomic E-state index is -1.55. The molecule has 6 unspecified atom stereocenters. The molecule has 1 aliphatic heterocycles. The first-order valence-electron chi connectivity index (χ1n) is 26.8. The number of unbranched alkanes of at least 4 members (excludes halogenated alkanes) is 18. The molecule has 67 heavy (non-hydrogen) atoms. The van der Waals surface area contributed by atoms with E-state index in [2.05, 4.69) is 111 Å². The van der Waals surface area contributed by atoms with Gasteiger partial charge in [0.25, 0.3) is 0 Å². The molecule has 9 heteroatoms. The summed E-state index contributed by atoms with van der Waals surface area (Å²) in [6, 6.07) is 0. The van der Waals surface area contributed by atoms with E-state index in [-0.39, 0.29) is 19.2 Å². The molecule has 0 aromatic rings. The summed E-state index contributed by atoms with van der Waals surface area (Å²) in [5.41, 5.74) is 0. The highest BCUT2D eigenvalue weighted by Crippen LogP contribution is 2.23. The Bertz CT molecular complexity index is 1350. The molecule has 1 heterocycles. The largest absolute Gasteiger partial charge is 0.457 e. The molecule has 1 aliphatic rings. The molecule has 0 bridgehead atoms. The van der Waals surface area contributed by atoms with E-state index in [4.69, 9.17) is 18.9 Å². The lowest BCUT2D eigenvalue weighted by Gasteiger charge is -2.39. The van der Waals surface area contributed by atoms with E-state index in [1.165, 1.54) is 77.0 Å². The van der Waals surface area contributed by atoms with Crippen molar-refractivity contribution in [1.29, 1.82) is 0 Å². The third-order valence-corrected chi connectivity index (χ3v) is 11.7. The lowest BCUT2D eigenvalue weighted by molar-refractivity contribution is -0.305. The second kappa shape index (κ2) is 48.1. The van der Waals surface area contributed by atoms with Crippen LogP contribution in [-0.4, -0.2) is 89.6 Å². The van der Waals surface area contributed by atoms with Crippen molar-refractivity contribution in [3.63, 3.8) is 0 Å². The number of allylic oxidation sites excluding steroid dienone is 16. The zero-order valence-electron chi connectivity index (χ0n) is 42.4. The number of hydrogen-bond acceptors (Lipinski definition) is 9. The molecule has 1 saturated heterocycles. The van der Waals surface area contributed by atoms with Crippen molar-refractivity contribution in [2.75, 3.05) is 26.4 Å². The highest BCUT2D eigenvalue weighted by Gasteiger charge is 2.44. The molecule has 0 spiro atoms. The SMILES string of the molecule is CC/C=C\C/C=C\C/C=C\C/C=C\C/C=C\C/C=C\CCCCCCCCC(=O)OC(COCCCCCCCCCC/C=C\C/C=C\CCCCCC)COC1OC(CO)C(O)C(O)C1O. The Morgan fingerprint density at radius 1 is 0.493 bits per heavy atom. The quantitative estimate of drug-likeness (QED) is 0.0267. The average Bonchev–Trinajstić information content (AvgIpc) is 3.33. The van der Waals surface area contributed by atoms with Crippen LogP contribution in [0.4, 0.5) is 0 Å². The highest BCUT2D eigenvalue weighted by atomic mass is 16.7. The van der Waals surface area contributed by atoms with Crippen LogP contribution in [0.15, 0.2) is 97.2 Å². The molecule has 0 radical (unpaired) electrons. The summed E-state index contributed by atoms with van der Waals surface area (Å²) in [5.74, 6) is -0.333. The third kappa shape index (κ3) is 38.6. The lowest BCUT2D eigenvalue weighted by Crippen LogP contribution is -2.59. The van der Waals surface area contributed by atoms with Crippen LogP contribution in [0.5, 0.6) is 0 Å². The van der Waals surface area contributed by atoms with Crippen LogP contribution in [0.3, 0.4) is 0 Å². The second-order valence-corrected chi connectivity index (χ2v) is 17.9. The van der Waals surface area contributed by atoms with Crippen molar-refractivity contribution in [1.82, 2.24) is 0 Å². The van der Waals surface area contributed by atoms with Crippen molar-refractivity contribution in [2.45, 2.75) is 237 Å². The molecular weight excluding hydrogens is 841 g/mol. The Labute approximate surface area is 409 Å². The Morgan fingerprint density at radius 3 is 1.37 bits per heavy atom.